The first kappa shape index (κ1) is 7.57. The second-order valence-electron chi connectivity index (χ2n) is 2.24. The van der Waals surface area contributed by atoms with Crippen molar-refractivity contribution in [3.8, 4) is 10.6 Å². The number of nitrogens with two attached hydrogens (primary N) is 2. The Morgan fingerprint density at radius 3 is 2.67 bits per heavy atom. The lowest BCUT2D eigenvalue weighted by Crippen LogP contribution is -1.83. The van der Waals surface area contributed by atoms with Gasteiger partial charge in [-0.2, -0.15) is 0 Å². The van der Waals surface area contributed by atoms with Crippen molar-refractivity contribution < 1.29 is 0 Å². The molecule has 0 amide bonds. The summed E-state index contributed by atoms with van der Waals surface area (Å²) in [7, 11) is 0. The van der Waals surface area contributed by atoms with Crippen LogP contribution in [0.15, 0.2) is 17.5 Å². The SMILES string of the molecule is Nc1nc(-c2cccs2)c(N)s1. The molecule has 12 heavy (non-hydrogen) atoms. The summed E-state index contributed by atoms with van der Waals surface area (Å²) < 4.78 is 0. The molecule has 0 aromatic carbocycles. The summed E-state index contributed by atoms with van der Waals surface area (Å²) in [6.45, 7) is 0. The molecule has 0 aliphatic carbocycles. The van der Waals surface area contributed by atoms with E-state index in [9.17, 15) is 0 Å². The molecule has 2 rings (SSSR count). The third kappa shape index (κ3) is 1.17. The minimum Gasteiger partial charge on any atom is -0.389 e. The van der Waals surface area contributed by atoms with Gasteiger partial charge in [-0.05, 0) is 11.4 Å². The Kier molecular flexibility index (Phi) is 1.74. The number of hydrogen-bond acceptors (Lipinski definition) is 5. The highest BCUT2D eigenvalue weighted by Gasteiger charge is 2.08. The van der Waals surface area contributed by atoms with E-state index in [2.05, 4.69) is 4.98 Å². The van der Waals surface area contributed by atoms with Crippen LogP contribution in [0.5, 0.6) is 0 Å². The van der Waals surface area contributed by atoms with Crippen LogP contribution in [0.3, 0.4) is 0 Å². The van der Waals surface area contributed by atoms with E-state index in [4.69, 9.17) is 11.5 Å². The second kappa shape index (κ2) is 2.76. The molecule has 0 saturated carbocycles. The Labute approximate surface area is 77.7 Å². The predicted octanol–water partition coefficient (Wildman–Crippen LogP) is 2.04. The monoisotopic (exact) mass is 197 g/mol. The summed E-state index contributed by atoms with van der Waals surface area (Å²) in [5.41, 5.74) is 12.0. The molecule has 2 heterocycles. The summed E-state index contributed by atoms with van der Waals surface area (Å²) >= 11 is 2.93. The van der Waals surface area contributed by atoms with Crippen molar-refractivity contribution in [3.05, 3.63) is 17.5 Å². The number of rotatable bonds is 1. The number of thiophene rings is 1. The highest BCUT2D eigenvalue weighted by Crippen LogP contribution is 2.34. The van der Waals surface area contributed by atoms with Gasteiger partial charge in [-0.25, -0.2) is 4.98 Å². The molecule has 0 bridgehead atoms. The Morgan fingerprint density at radius 2 is 2.17 bits per heavy atom. The zero-order chi connectivity index (χ0) is 8.55. The van der Waals surface area contributed by atoms with E-state index in [0.29, 0.717) is 10.1 Å². The standard InChI is InChI=1S/C7H7N3S2/c8-6-5(10-7(9)12-6)4-2-1-3-11-4/h1-3H,8H2,(H2,9,10). The Bertz CT molecular complexity index is 377. The number of hydrogen-bond donors (Lipinski definition) is 2. The van der Waals surface area contributed by atoms with Crippen molar-refractivity contribution in [2.24, 2.45) is 0 Å². The Morgan fingerprint density at radius 1 is 1.33 bits per heavy atom. The van der Waals surface area contributed by atoms with E-state index < -0.39 is 0 Å². The third-order valence-corrected chi connectivity index (χ3v) is 3.01. The lowest BCUT2D eigenvalue weighted by Gasteiger charge is -1.89. The van der Waals surface area contributed by atoms with Gasteiger partial charge < -0.3 is 11.5 Å². The largest absolute Gasteiger partial charge is 0.389 e. The van der Waals surface area contributed by atoms with E-state index in [1.54, 1.807) is 11.3 Å². The molecule has 5 heteroatoms. The van der Waals surface area contributed by atoms with Crippen LogP contribution in [0.2, 0.25) is 0 Å². The molecular weight excluding hydrogens is 190 g/mol. The van der Waals surface area contributed by atoms with E-state index in [0.717, 1.165) is 10.6 Å². The van der Waals surface area contributed by atoms with E-state index in [-0.39, 0.29) is 0 Å². The fourth-order valence-electron chi connectivity index (χ4n) is 0.939. The molecule has 0 saturated heterocycles. The van der Waals surface area contributed by atoms with Crippen LogP contribution < -0.4 is 11.5 Å². The van der Waals surface area contributed by atoms with Gasteiger partial charge in [-0.15, -0.1) is 11.3 Å². The minimum absolute atomic E-state index is 0.524. The first-order chi connectivity index (χ1) is 5.77. The molecule has 4 N–H and O–H groups in total. The number of nitrogens with zero attached hydrogens (tertiary/aromatic N) is 1. The van der Waals surface area contributed by atoms with Crippen molar-refractivity contribution in [2.75, 3.05) is 11.5 Å². The van der Waals surface area contributed by atoms with Crippen LogP contribution in [0.25, 0.3) is 10.6 Å². The molecule has 0 radical (unpaired) electrons. The predicted molar refractivity (Wildman–Crippen MR) is 54.3 cm³/mol. The normalized spacial score (nSPS) is 10.3. The van der Waals surface area contributed by atoms with Crippen molar-refractivity contribution in [3.63, 3.8) is 0 Å². The molecule has 2 aromatic heterocycles. The van der Waals surface area contributed by atoms with Gasteiger partial charge >= 0.3 is 0 Å². The van der Waals surface area contributed by atoms with Gasteiger partial charge in [-0.3, -0.25) is 0 Å². The number of anilines is 2. The smallest absolute Gasteiger partial charge is 0.182 e. The second-order valence-corrected chi connectivity index (χ2v) is 4.25. The van der Waals surface area contributed by atoms with Crippen LogP contribution >= 0.6 is 22.7 Å². The average Bonchev–Trinajstić information content (AvgIpc) is 2.58. The van der Waals surface area contributed by atoms with Crippen LogP contribution in [0.1, 0.15) is 0 Å². The maximum absolute atomic E-state index is 5.72. The van der Waals surface area contributed by atoms with Crippen molar-refractivity contribution in [2.45, 2.75) is 0 Å². The quantitative estimate of drug-likeness (QED) is 0.735. The summed E-state index contributed by atoms with van der Waals surface area (Å²) in [6.07, 6.45) is 0. The maximum atomic E-state index is 5.72. The maximum Gasteiger partial charge on any atom is 0.182 e. The summed E-state index contributed by atoms with van der Waals surface area (Å²) in [4.78, 5) is 5.20. The van der Waals surface area contributed by atoms with Crippen molar-refractivity contribution >= 4 is 32.8 Å². The van der Waals surface area contributed by atoms with Gasteiger partial charge in [0.15, 0.2) is 5.13 Å². The zero-order valence-electron chi connectivity index (χ0n) is 6.15. The van der Waals surface area contributed by atoms with Crippen LogP contribution in [-0.4, -0.2) is 4.98 Å². The molecular formula is C7H7N3S2. The fraction of sp³-hybridized carbons (Fsp3) is 0. The molecule has 2 aromatic rings. The van der Waals surface area contributed by atoms with E-state index in [1.807, 2.05) is 17.5 Å². The van der Waals surface area contributed by atoms with Crippen molar-refractivity contribution in [1.82, 2.24) is 4.98 Å². The van der Waals surface area contributed by atoms with Crippen molar-refractivity contribution in [1.29, 1.82) is 0 Å². The molecule has 0 atom stereocenters. The van der Waals surface area contributed by atoms with Gasteiger partial charge in [0.25, 0.3) is 0 Å². The van der Waals surface area contributed by atoms with Crippen LogP contribution in [-0.2, 0) is 0 Å². The van der Waals surface area contributed by atoms with Gasteiger partial charge in [0.2, 0.25) is 0 Å². The van der Waals surface area contributed by atoms with Gasteiger partial charge in [0.05, 0.1) is 4.88 Å². The summed E-state index contributed by atoms with van der Waals surface area (Å²) in [6, 6.07) is 3.95. The lowest BCUT2D eigenvalue weighted by molar-refractivity contribution is 1.43. The average molecular weight is 197 g/mol. The molecule has 0 fully saturated rings. The lowest BCUT2D eigenvalue weighted by atomic mass is 10.4. The Balaban J connectivity index is 2.54. The van der Waals surface area contributed by atoms with Gasteiger partial charge in [0, 0.05) is 0 Å². The number of nitrogen functional groups attached to an aromatic ring is 2. The first-order valence-corrected chi connectivity index (χ1v) is 5.02. The summed E-state index contributed by atoms with van der Waals surface area (Å²) in [5.74, 6) is 0. The van der Waals surface area contributed by atoms with Crippen LogP contribution in [0.4, 0.5) is 10.1 Å². The highest BCUT2D eigenvalue weighted by molar-refractivity contribution is 7.20. The third-order valence-electron chi connectivity index (χ3n) is 1.42. The minimum atomic E-state index is 0.524. The molecule has 3 nitrogen and oxygen atoms in total. The molecule has 62 valence electrons. The molecule has 0 aliphatic rings. The first-order valence-electron chi connectivity index (χ1n) is 3.33. The fourth-order valence-corrected chi connectivity index (χ4v) is 2.35. The van der Waals surface area contributed by atoms with Gasteiger partial charge in [0.1, 0.15) is 10.7 Å². The van der Waals surface area contributed by atoms with E-state index in [1.165, 1.54) is 11.3 Å². The van der Waals surface area contributed by atoms with Gasteiger partial charge in [-0.1, -0.05) is 17.4 Å². The number of aromatic nitrogens is 1. The Hall–Kier alpha value is -1.07. The number of thiazole rings is 1. The van der Waals surface area contributed by atoms with Crippen LogP contribution in [0, 0.1) is 0 Å². The molecule has 0 spiro atoms. The molecule has 0 aliphatic heterocycles. The highest BCUT2D eigenvalue weighted by atomic mass is 32.1. The topological polar surface area (TPSA) is 64.9 Å². The van der Waals surface area contributed by atoms with E-state index >= 15 is 0 Å². The zero-order valence-corrected chi connectivity index (χ0v) is 7.78. The summed E-state index contributed by atoms with van der Waals surface area (Å²) in [5, 5.41) is 3.20. The molecule has 0 unspecified atom stereocenters.